The highest BCUT2D eigenvalue weighted by molar-refractivity contribution is 9.10. The van der Waals surface area contributed by atoms with Crippen molar-refractivity contribution >= 4 is 33.3 Å². The second kappa shape index (κ2) is 5.51. The van der Waals surface area contributed by atoms with E-state index in [2.05, 4.69) is 31.3 Å². The highest BCUT2D eigenvalue weighted by Gasteiger charge is 2.01. The number of halogens is 2. The molecule has 4 nitrogen and oxygen atoms in total. The average Bonchev–Trinajstić information content (AvgIpc) is 2.68. The van der Waals surface area contributed by atoms with Gasteiger partial charge in [0.05, 0.1) is 22.2 Å². The summed E-state index contributed by atoms with van der Waals surface area (Å²) in [7, 11) is 0. The Balaban J connectivity index is 1.90. The topological polar surface area (TPSA) is 42.7 Å². The molecule has 0 amide bonds. The van der Waals surface area contributed by atoms with Crippen LogP contribution in [0.25, 0.3) is 0 Å². The molecule has 6 heteroatoms. The van der Waals surface area contributed by atoms with E-state index in [9.17, 15) is 0 Å². The van der Waals surface area contributed by atoms with Gasteiger partial charge >= 0.3 is 0 Å². The Morgan fingerprint density at radius 3 is 2.94 bits per heavy atom. The summed E-state index contributed by atoms with van der Waals surface area (Å²) >= 11 is 9.22. The second-order valence-electron chi connectivity index (χ2n) is 3.69. The molecule has 0 bridgehead atoms. The van der Waals surface area contributed by atoms with E-state index in [-0.39, 0.29) is 0 Å². The Hall–Kier alpha value is -1.07. The molecule has 0 aliphatic rings. The predicted octanol–water partition coefficient (Wildman–Crippen LogP) is 3.11. The van der Waals surface area contributed by atoms with Crippen LogP contribution in [0.4, 0.5) is 5.82 Å². The highest BCUT2D eigenvalue weighted by atomic mass is 79.9. The van der Waals surface area contributed by atoms with Gasteiger partial charge in [0.1, 0.15) is 5.82 Å². The molecule has 2 heterocycles. The highest BCUT2D eigenvalue weighted by Crippen LogP contribution is 2.22. The maximum Gasteiger partial charge on any atom is 0.140 e. The molecule has 0 aromatic carbocycles. The molecule has 2 aromatic heterocycles. The van der Waals surface area contributed by atoms with Crippen molar-refractivity contribution in [2.24, 2.45) is 0 Å². The smallest absolute Gasteiger partial charge is 0.140 e. The van der Waals surface area contributed by atoms with Crippen LogP contribution >= 0.6 is 27.5 Å². The van der Waals surface area contributed by atoms with Crippen LogP contribution in [0.1, 0.15) is 5.56 Å². The normalized spacial score (nSPS) is 10.5. The minimum Gasteiger partial charge on any atom is -0.367 e. The van der Waals surface area contributed by atoms with Crippen LogP contribution in [-0.2, 0) is 6.54 Å². The van der Waals surface area contributed by atoms with E-state index in [0.29, 0.717) is 5.02 Å². The summed E-state index contributed by atoms with van der Waals surface area (Å²) < 4.78 is 2.76. The minimum absolute atomic E-state index is 0.616. The average molecular weight is 316 g/mol. The van der Waals surface area contributed by atoms with E-state index in [1.54, 1.807) is 6.20 Å². The van der Waals surface area contributed by atoms with Crippen LogP contribution in [0.3, 0.4) is 0 Å². The van der Waals surface area contributed by atoms with E-state index >= 15 is 0 Å². The number of anilines is 1. The summed E-state index contributed by atoms with van der Waals surface area (Å²) in [6.45, 7) is 3.58. The van der Waals surface area contributed by atoms with Crippen molar-refractivity contribution in [3.05, 3.63) is 39.7 Å². The molecule has 1 N–H and O–H groups in total. The molecule has 17 heavy (non-hydrogen) atoms. The lowest BCUT2D eigenvalue weighted by atomic mass is 10.4. The van der Waals surface area contributed by atoms with E-state index < -0.39 is 0 Å². The number of hydrogen-bond acceptors (Lipinski definition) is 3. The fourth-order valence-electron chi connectivity index (χ4n) is 1.42. The number of nitrogens with one attached hydrogen (secondary N) is 1. The number of nitrogens with zero attached hydrogens (tertiary/aromatic N) is 3. The summed E-state index contributed by atoms with van der Waals surface area (Å²) in [4.78, 5) is 4.19. The third-order valence-electron chi connectivity index (χ3n) is 2.20. The maximum atomic E-state index is 5.82. The molecule has 0 radical (unpaired) electrons. The van der Waals surface area contributed by atoms with Gasteiger partial charge in [0.2, 0.25) is 0 Å². The summed E-state index contributed by atoms with van der Waals surface area (Å²) in [5.41, 5.74) is 1.16. The molecule has 2 rings (SSSR count). The zero-order chi connectivity index (χ0) is 12.3. The number of rotatable bonds is 4. The fraction of sp³-hybridized carbons (Fsp3) is 0.273. The molecule has 0 aliphatic heterocycles. The van der Waals surface area contributed by atoms with Crippen LogP contribution < -0.4 is 5.32 Å². The van der Waals surface area contributed by atoms with Crippen LogP contribution in [-0.4, -0.2) is 21.3 Å². The van der Waals surface area contributed by atoms with Gasteiger partial charge in [-0.3, -0.25) is 4.68 Å². The van der Waals surface area contributed by atoms with Crippen molar-refractivity contribution in [1.82, 2.24) is 14.8 Å². The number of pyridine rings is 1. The van der Waals surface area contributed by atoms with Gasteiger partial charge in [-0.05, 0) is 34.5 Å². The molecule has 0 spiro atoms. The first-order valence-electron chi connectivity index (χ1n) is 5.19. The van der Waals surface area contributed by atoms with Crippen molar-refractivity contribution in [3.63, 3.8) is 0 Å². The molecule has 90 valence electrons. The molecule has 0 unspecified atom stereocenters. The summed E-state index contributed by atoms with van der Waals surface area (Å²) in [5.74, 6) is 0.790. The lowest BCUT2D eigenvalue weighted by Gasteiger charge is -2.07. The predicted molar refractivity (Wildman–Crippen MR) is 72.4 cm³/mol. The fourth-order valence-corrected chi connectivity index (χ4v) is 2.20. The van der Waals surface area contributed by atoms with Gasteiger partial charge < -0.3 is 5.32 Å². The Bertz CT molecular complexity index is 512. The monoisotopic (exact) mass is 314 g/mol. The molecular weight excluding hydrogens is 304 g/mol. The number of aryl methyl sites for hydroxylation is 1. The molecule has 0 atom stereocenters. The first-order chi connectivity index (χ1) is 8.15. The number of aromatic nitrogens is 3. The molecule has 2 aromatic rings. The minimum atomic E-state index is 0.616. The van der Waals surface area contributed by atoms with Gasteiger partial charge in [-0.1, -0.05) is 11.6 Å². The van der Waals surface area contributed by atoms with Gasteiger partial charge in [0.15, 0.2) is 0 Å². The van der Waals surface area contributed by atoms with Gasteiger partial charge in [0, 0.05) is 18.9 Å². The van der Waals surface area contributed by atoms with Crippen LogP contribution in [0.2, 0.25) is 5.02 Å². The Labute approximate surface area is 113 Å². The lowest BCUT2D eigenvalue weighted by Crippen LogP contribution is -2.11. The molecule has 0 saturated heterocycles. The lowest BCUT2D eigenvalue weighted by molar-refractivity contribution is 0.636. The van der Waals surface area contributed by atoms with Crippen molar-refractivity contribution in [2.75, 3.05) is 11.9 Å². The van der Waals surface area contributed by atoms with E-state index in [4.69, 9.17) is 11.6 Å². The molecule has 0 saturated carbocycles. The summed E-state index contributed by atoms with van der Waals surface area (Å²) in [5, 5.41) is 8.04. The van der Waals surface area contributed by atoms with Crippen molar-refractivity contribution in [2.45, 2.75) is 13.5 Å². The Morgan fingerprint density at radius 2 is 2.29 bits per heavy atom. The Morgan fingerprint density at radius 1 is 1.47 bits per heavy atom. The zero-order valence-electron chi connectivity index (χ0n) is 9.32. The van der Waals surface area contributed by atoms with Crippen molar-refractivity contribution in [3.8, 4) is 0 Å². The third kappa shape index (κ3) is 3.44. The van der Waals surface area contributed by atoms with Gasteiger partial charge in [-0.15, -0.1) is 0 Å². The third-order valence-corrected chi connectivity index (χ3v) is 3.01. The zero-order valence-corrected chi connectivity index (χ0v) is 11.7. The van der Waals surface area contributed by atoms with Crippen LogP contribution in [0, 0.1) is 6.92 Å². The standard InChI is InChI=1S/C11H12BrClN4/c1-8-5-16-17(7-8)3-2-14-11-10(12)4-9(13)6-15-11/h4-7H,2-3H2,1H3,(H,14,15). The molecule has 0 aliphatic carbocycles. The first kappa shape index (κ1) is 12.4. The first-order valence-corrected chi connectivity index (χ1v) is 6.36. The summed E-state index contributed by atoms with van der Waals surface area (Å²) in [6.07, 6.45) is 5.47. The number of hydrogen-bond donors (Lipinski definition) is 1. The van der Waals surface area contributed by atoms with E-state index in [1.165, 1.54) is 0 Å². The SMILES string of the molecule is Cc1cnn(CCNc2ncc(Cl)cc2Br)c1. The van der Waals surface area contributed by atoms with E-state index in [0.717, 1.165) is 28.9 Å². The van der Waals surface area contributed by atoms with Crippen molar-refractivity contribution in [1.29, 1.82) is 0 Å². The van der Waals surface area contributed by atoms with Crippen LogP contribution in [0.15, 0.2) is 29.1 Å². The Kier molecular flexibility index (Phi) is 4.02. The van der Waals surface area contributed by atoms with Gasteiger partial charge in [0.25, 0.3) is 0 Å². The van der Waals surface area contributed by atoms with Crippen LogP contribution in [0.5, 0.6) is 0 Å². The summed E-state index contributed by atoms with van der Waals surface area (Å²) in [6, 6.07) is 1.81. The quantitative estimate of drug-likeness (QED) is 0.942. The molecule has 0 fully saturated rings. The second-order valence-corrected chi connectivity index (χ2v) is 4.98. The van der Waals surface area contributed by atoms with Crippen molar-refractivity contribution < 1.29 is 0 Å². The van der Waals surface area contributed by atoms with E-state index in [1.807, 2.05) is 30.1 Å². The van der Waals surface area contributed by atoms with Gasteiger partial charge in [-0.2, -0.15) is 5.10 Å². The maximum absolute atomic E-state index is 5.82. The van der Waals surface area contributed by atoms with Gasteiger partial charge in [-0.25, -0.2) is 4.98 Å². The largest absolute Gasteiger partial charge is 0.367 e. The molecular formula is C11H12BrClN4.